The van der Waals surface area contributed by atoms with Gasteiger partial charge in [0.1, 0.15) is 35.9 Å². The lowest BCUT2D eigenvalue weighted by Gasteiger charge is -2.35. The van der Waals surface area contributed by atoms with Gasteiger partial charge in [-0.1, -0.05) is 113 Å². The summed E-state index contributed by atoms with van der Waals surface area (Å²) in [6.07, 6.45) is -2.99. The zero-order valence-corrected chi connectivity index (χ0v) is 37.2. The molecular weight excluding hydrogens is 813 g/mol. The maximum atomic E-state index is 14.2. The molecule has 8 N–H and O–H groups in total. The summed E-state index contributed by atoms with van der Waals surface area (Å²) < 4.78 is 0. The molecule has 2 heterocycles. The van der Waals surface area contributed by atoms with Crippen molar-refractivity contribution in [3.8, 4) is 0 Å². The van der Waals surface area contributed by atoms with E-state index in [4.69, 9.17) is 0 Å². The van der Waals surface area contributed by atoms with Crippen LogP contribution in [-0.2, 0) is 35.5 Å². The Kier molecular flexibility index (Phi) is 15.7. The summed E-state index contributed by atoms with van der Waals surface area (Å²) >= 11 is 0. The molecule has 0 spiro atoms. The molecule has 64 heavy (non-hydrogen) atoms. The number of urea groups is 2. The Morgan fingerprint density at radius 3 is 1.22 bits per heavy atom. The zero-order chi connectivity index (χ0) is 45.9. The number of H-pyrrole nitrogens is 2. The molecule has 6 atom stereocenters. The largest absolute Gasteiger partial charge is 0.388 e. The molecule has 338 valence electrons. The molecule has 0 aliphatic rings. The number of hydrogen-bond acceptors (Lipinski definition) is 8. The van der Waals surface area contributed by atoms with Crippen LogP contribution < -0.4 is 21.3 Å². The van der Waals surface area contributed by atoms with Gasteiger partial charge in [0, 0.05) is 14.1 Å². The van der Waals surface area contributed by atoms with Crippen LogP contribution in [0, 0.1) is 11.8 Å². The van der Waals surface area contributed by atoms with Crippen molar-refractivity contribution in [3.05, 3.63) is 132 Å². The van der Waals surface area contributed by atoms with Crippen LogP contribution in [-0.4, -0.2) is 114 Å². The number of amides is 6. The van der Waals surface area contributed by atoms with Gasteiger partial charge in [0.2, 0.25) is 11.8 Å². The van der Waals surface area contributed by atoms with E-state index in [0.29, 0.717) is 11.6 Å². The third kappa shape index (κ3) is 12.2. The second-order valence-electron chi connectivity index (χ2n) is 17.0. The SMILES string of the molecule is CC(C)[C@H](NC(=O)N(C)Cc1nc2ccccc2[nH]1)C(=O)N[C@@H](Cc1ccccc1)[C@H](O)[C@@H](O)[C@H](Cc1ccccc1)NC(=O)[C@@H](NC(=O)N(C)Cc1nc2ccccc2[nH]1)C(C)C. The van der Waals surface area contributed by atoms with Crippen LogP contribution in [0.2, 0.25) is 0 Å². The Morgan fingerprint density at radius 2 is 0.875 bits per heavy atom. The topological polar surface area (TPSA) is 221 Å². The smallest absolute Gasteiger partial charge is 0.318 e. The Bertz CT molecular complexity index is 2240. The van der Waals surface area contributed by atoms with Crippen molar-refractivity contribution in [2.75, 3.05) is 14.1 Å². The van der Waals surface area contributed by atoms with Gasteiger partial charge in [0.05, 0.1) is 47.2 Å². The van der Waals surface area contributed by atoms with Crippen LogP contribution in [0.25, 0.3) is 22.1 Å². The molecule has 0 aliphatic carbocycles. The lowest BCUT2D eigenvalue weighted by atomic mass is 9.90. The summed E-state index contributed by atoms with van der Waals surface area (Å²) in [4.78, 5) is 73.8. The predicted octanol–water partition coefficient (Wildman–Crippen LogP) is 4.65. The lowest BCUT2D eigenvalue weighted by Crippen LogP contribution is -2.62. The average molecular weight is 873 g/mol. The molecule has 6 aromatic rings. The number of carbonyl (C=O) groups is 4. The summed E-state index contributed by atoms with van der Waals surface area (Å²) in [5, 5.41) is 35.8. The van der Waals surface area contributed by atoms with E-state index < -0.39 is 60.3 Å². The van der Waals surface area contributed by atoms with E-state index in [1.165, 1.54) is 9.80 Å². The van der Waals surface area contributed by atoms with Crippen molar-refractivity contribution in [1.82, 2.24) is 51.0 Å². The molecule has 6 rings (SSSR count). The van der Waals surface area contributed by atoms with E-state index in [2.05, 4.69) is 41.2 Å². The van der Waals surface area contributed by atoms with E-state index in [1.54, 1.807) is 41.8 Å². The zero-order valence-electron chi connectivity index (χ0n) is 37.2. The highest BCUT2D eigenvalue weighted by Crippen LogP contribution is 2.18. The fourth-order valence-corrected chi connectivity index (χ4v) is 7.58. The maximum absolute atomic E-state index is 14.2. The van der Waals surface area contributed by atoms with Gasteiger partial charge in [-0.2, -0.15) is 0 Å². The second-order valence-corrected chi connectivity index (χ2v) is 17.0. The number of hydrogen-bond donors (Lipinski definition) is 8. The fourth-order valence-electron chi connectivity index (χ4n) is 7.58. The molecule has 4 aromatic carbocycles. The van der Waals surface area contributed by atoms with Gasteiger partial charge in [-0.3, -0.25) is 9.59 Å². The van der Waals surface area contributed by atoms with E-state index in [-0.39, 0.29) is 37.8 Å². The number of carbonyl (C=O) groups excluding carboxylic acids is 4. The van der Waals surface area contributed by atoms with E-state index in [1.807, 2.05) is 109 Å². The maximum Gasteiger partial charge on any atom is 0.318 e. The highest BCUT2D eigenvalue weighted by atomic mass is 16.3. The monoisotopic (exact) mass is 872 g/mol. The molecule has 16 nitrogen and oxygen atoms in total. The molecule has 16 heteroatoms. The fraction of sp³-hybridized carbons (Fsp3) is 0.375. The Labute approximate surface area is 373 Å². The molecule has 6 amide bonds. The summed E-state index contributed by atoms with van der Waals surface area (Å²) in [7, 11) is 3.21. The van der Waals surface area contributed by atoms with Crippen molar-refractivity contribution >= 4 is 45.9 Å². The molecule has 0 saturated carbocycles. The van der Waals surface area contributed by atoms with Crippen molar-refractivity contribution in [1.29, 1.82) is 0 Å². The minimum absolute atomic E-state index is 0.115. The Hall–Kier alpha value is -6.78. The van der Waals surface area contributed by atoms with Crippen LogP contribution in [0.4, 0.5) is 9.59 Å². The van der Waals surface area contributed by atoms with E-state index in [0.717, 1.165) is 33.2 Å². The molecule has 0 saturated heterocycles. The van der Waals surface area contributed by atoms with Gasteiger partial charge in [0.15, 0.2) is 0 Å². The summed E-state index contributed by atoms with van der Waals surface area (Å²) in [5.74, 6) is -0.704. The average Bonchev–Trinajstić information content (AvgIpc) is 3.89. The third-order valence-corrected chi connectivity index (χ3v) is 11.2. The minimum atomic E-state index is -1.61. The van der Waals surface area contributed by atoms with Gasteiger partial charge < -0.3 is 51.2 Å². The van der Waals surface area contributed by atoms with Gasteiger partial charge in [-0.05, 0) is 60.1 Å². The van der Waals surface area contributed by atoms with Crippen LogP contribution in [0.1, 0.15) is 50.5 Å². The first-order valence-electron chi connectivity index (χ1n) is 21.6. The van der Waals surface area contributed by atoms with Gasteiger partial charge >= 0.3 is 12.1 Å². The van der Waals surface area contributed by atoms with Crippen LogP contribution in [0.3, 0.4) is 0 Å². The number of aromatic amines is 2. The molecule has 0 bridgehead atoms. The van der Waals surface area contributed by atoms with Crippen molar-refractivity contribution < 1.29 is 29.4 Å². The second kappa shape index (κ2) is 21.5. The molecule has 2 aromatic heterocycles. The third-order valence-electron chi connectivity index (χ3n) is 11.2. The molecule has 0 aliphatic heterocycles. The molecule has 0 radical (unpaired) electrons. The summed E-state index contributed by atoms with van der Waals surface area (Å²) in [6, 6.07) is 28.3. The van der Waals surface area contributed by atoms with E-state index >= 15 is 0 Å². The number of rotatable bonds is 19. The standard InChI is InChI=1S/C48H60N10O6/c1-29(2)41(55-47(63)57(5)27-39-49-33-21-13-14-22-34(33)50-39)45(61)53-37(25-31-17-9-7-10-18-31)43(59)44(60)38(26-32-19-11-8-12-20-32)54-46(62)42(30(3)4)56-48(64)58(6)28-40-51-35-23-15-16-24-36(35)52-40/h7-24,29-30,37-38,41-44,59-60H,25-28H2,1-6H3,(H,49,50)(H,51,52)(H,53,61)(H,54,62)(H,55,63)(H,56,64)/t37-,38-,41-,42-,43-,44-/m0/s1. The first-order chi connectivity index (χ1) is 30.7. The molecular formula is C48H60N10O6. The molecule has 0 fully saturated rings. The number of para-hydroxylation sites is 4. The highest BCUT2D eigenvalue weighted by Gasteiger charge is 2.38. The summed E-state index contributed by atoms with van der Waals surface area (Å²) in [5.41, 5.74) is 4.76. The number of nitrogens with zero attached hydrogens (tertiary/aromatic N) is 4. The number of aliphatic hydroxyl groups excluding tert-OH is 2. The van der Waals surface area contributed by atoms with Gasteiger partial charge in [-0.25, -0.2) is 19.6 Å². The van der Waals surface area contributed by atoms with Crippen LogP contribution >= 0.6 is 0 Å². The Balaban J connectivity index is 1.18. The lowest BCUT2D eigenvalue weighted by molar-refractivity contribution is -0.129. The van der Waals surface area contributed by atoms with Crippen molar-refractivity contribution in [2.24, 2.45) is 11.8 Å². The number of aliphatic hydroxyl groups is 2. The Morgan fingerprint density at radius 1 is 0.531 bits per heavy atom. The van der Waals surface area contributed by atoms with E-state index in [9.17, 15) is 29.4 Å². The number of nitrogens with one attached hydrogen (secondary N) is 6. The number of fused-ring (bicyclic) bond motifs is 2. The summed E-state index contributed by atoms with van der Waals surface area (Å²) in [6.45, 7) is 7.51. The van der Waals surface area contributed by atoms with Gasteiger partial charge in [0.25, 0.3) is 0 Å². The number of benzene rings is 4. The predicted molar refractivity (Wildman–Crippen MR) is 246 cm³/mol. The number of aromatic nitrogens is 4. The van der Waals surface area contributed by atoms with Gasteiger partial charge in [-0.15, -0.1) is 0 Å². The van der Waals surface area contributed by atoms with Crippen LogP contribution in [0.5, 0.6) is 0 Å². The minimum Gasteiger partial charge on any atom is -0.388 e. The van der Waals surface area contributed by atoms with Crippen LogP contribution in [0.15, 0.2) is 109 Å². The number of imidazole rings is 2. The van der Waals surface area contributed by atoms with Crippen molar-refractivity contribution in [3.63, 3.8) is 0 Å². The normalized spacial score (nSPS) is 14.3. The highest BCUT2D eigenvalue weighted by molar-refractivity contribution is 5.88. The first kappa shape index (κ1) is 46.7. The quantitative estimate of drug-likeness (QED) is 0.0572. The first-order valence-corrected chi connectivity index (χ1v) is 21.6. The molecule has 0 unspecified atom stereocenters. The van der Waals surface area contributed by atoms with Crippen molar-refractivity contribution in [2.45, 2.75) is 90.0 Å².